The number of methoxy groups -OCH3 is 1. The fourth-order valence-electron chi connectivity index (χ4n) is 5.50. The van der Waals surface area contributed by atoms with Crippen LogP contribution in [0.3, 0.4) is 0 Å². The molecule has 2 heterocycles. The second-order valence-corrected chi connectivity index (χ2v) is 14.2. The van der Waals surface area contributed by atoms with Gasteiger partial charge in [0.2, 0.25) is 5.91 Å². The molecule has 1 aliphatic heterocycles. The Kier molecular flexibility index (Phi) is 13.9. The molecule has 40 heavy (non-hydrogen) atoms. The van der Waals surface area contributed by atoms with Crippen LogP contribution in [0.2, 0.25) is 0 Å². The third-order valence-electron chi connectivity index (χ3n) is 7.85. The van der Waals surface area contributed by atoms with Crippen LogP contribution >= 0.6 is 11.3 Å². The second-order valence-electron chi connectivity index (χ2n) is 10.9. The number of hydrogen-bond donors (Lipinski definition) is 2. The van der Waals surface area contributed by atoms with E-state index in [1.165, 1.54) is 75.5 Å². The van der Waals surface area contributed by atoms with Crippen LogP contribution in [0.25, 0.3) is 0 Å². The number of primary amides is 1. The lowest BCUT2D eigenvalue weighted by molar-refractivity contribution is 0.0999. The number of nitrogens with zero attached hydrogens (tertiary/aromatic N) is 1. The zero-order valence-electron chi connectivity index (χ0n) is 24.5. The lowest BCUT2D eigenvalue weighted by Gasteiger charge is -2.19. The van der Waals surface area contributed by atoms with Crippen molar-refractivity contribution in [3.05, 3.63) is 46.3 Å². The summed E-state index contributed by atoms with van der Waals surface area (Å²) in [6, 6.07) is 9.06. The molecule has 1 saturated heterocycles. The molecular formula is C31H49N3O4S2. The van der Waals surface area contributed by atoms with Gasteiger partial charge in [0.15, 0.2) is 0 Å². The van der Waals surface area contributed by atoms with E-state index in [0.29, 0.717) is 46.6 Å². The summed E-state index contributed by atoms with van der Waals surface area (Å²) in [4.78, 5) is 12.8. The molecule has 0 radical (unpaired) electrons. The number of nitrogens with two attached hydrogens (primary N) is 1. The predicted molar refractivity (Wildman–Crippen MR) is 165 cm³/mol. The SMILES string of the molecule is CCCCCCCCCCCCNC1CCCN(S(=O)(=O)c2ccc(Cc3c(OC)cccc3C(N)=O)s2)CC1. The van der Waals surface area contributed by atoms with Crippen molar-refractivity contribution in [3.63, 3.8) is 0 Å². The maximum Gasteiger partial charge on any atom is 0.252 e. The van der Waals surface area contributed by atoms with Gasteiger partial charge in [-0.25, -0.2) is 8.42 Å². The molecule has 1 aromatic carbocycles. The Morgan fingerprint density at radius 3 is 2.38 bits per heavy atom. The molecular weight excluding hydrogens is 542 g/mol. The first-order chi connectivity index (χ1) is 19.4. The Hall–Kier alpha value is -1.94. The first kappa shape index (κ1) is 32.6. The highest BCUT2D eigenvalue weighted by molar-refractivity contribution is 7.91. The van der Waals surface area contributed by atoms with Gasteiger partial charge in [-0.2, -0.15) is 4.31 Å². The Balaban J connectivity index is 1.44. The van der Waals surface area contributed by atoms with E-state index in [0.717, 1.165) is 30.7 Å². The van der Waals surface area contributed by atoms with Crippen LogP contribution in [-0.2, 0) is 16.4 Å². The van der Waals surface area contributed by atoms with Crippen molar-refractivity contribution in [3.8, 4) is 5.75 Å². The van der Waals surface area contributed by atoms with E-state index in [4.69, 9.17) is 10.5 Å². The minimum absolute atomic E-state index is 0.342. The van der Waals surface area contributed by atoms with Gasteiger partial charge < -0.3 is 15.8 Å². The smallest absolute Gasteiger partial charge is 0.252 e. The predicted octanol–water partition coefficient (Wildman–Crippen LogP) is 6.50. The Morgan fingerprint density at radius 1 is 1.00 bits per heavy atom. The summed E-state index contributed by atoms with van der Waals surface area (Å²) in [7, 11) is -2.02. The number of ether oxygens (including phenoxy) is 1. The second kappa shape index (κ2) is 17.1. The topological polar surface area (TPSA) is 102 Å². The molecule has 1 amide bonds. The molecule has 7 nitrogen and oxygen atoms in total. The first-order valence-electron chi connectivity index (χ1n) is 15.1. The van der Waals surface area contributed by atoms with Gasteiger partial charge in [0.05, 0.1) is 7.11 Å². The quantitative estimate of drug-likeness (QED) is 0.193. The molecule has 9 heteroatoms. The lowest BCUT2D eigenvalue weighted by Crippen LogP contribution is -2.34. The van der Waals surface area contributed by atoms with Gasteiger partial charge in [-0.3, -0.25) is 4.79 Å². The van der Waals surface area contributed by atoms with Gasteiger partial charge in [0.25, 0.3) is 10.0 Å². The summed E-state index contributed by atoms with van der Waals surface area (Å²) in [5.74, 6) is 0.0390. The maximum absolute atomic E-state index is 13.5. The molecule has 3 N–H and O–H groups in total. The van der Waals surface area contributed by atoms with E-state index >= 15 is 0 Å². The number of carbonyl (C=O) groups is 1. The van der Waals surface area contributed by atoms with Crippen molar-refractivity contribution in [2.45, 2.75) is 107 Å². The normalized spacial score (nSPS) is 16.6. The van der Waals surface area contributed by atoms with Crippen LogP contribution in [0.15, 0.2) is 34.5 Å². The Bertz CT molecular complexity index is 1150. The summed E-state index contributed by atoms with van der Waals surface area (Å²) in [6.45, 7) is 4.35. The van der Waals surface area contributed by atoms with E-state index in [1.54, 1.807) is 35.7 Å². The van der Waals surface area contributed by atoms with E-state index in [-0.39, 0.29) is 0 Å². The van der Waals surface area contributed by atoms with Crippen molar-refractivity contribution in [2.24, 2.45) is 5.73 Å². The zero-order valence-corrected chi connectivity index (χ0v) is 26.1. The van der Waals surface area contributed by atoms with Crippen LogP contribution in [-0.4, -0.2) is 51.4 Å². The van der Waals surface area contributed by atoms with Gasteiger partial charge >= 0.3 is 0 Å². The Morgan fingerprint density at radius 2 is 1.70 bits per heavy atom. The van der Waals surface area contributed by atoms with E-state index in [9.17, 15) is 13.2 Å². The molecule has 0 saturated carbocycles. The lowest BCUT2D eigenvalue weighted by atomic mass is 10.0. The number of benzene rings is 1. The highest BCUT2D eigenvalue weighted by atomic mass is 32.2. The maximum atomic E-state index is 13.5. The summed E-state index contributed by atoms with van der Waals surface area (Å²) < 4.78 is 34.4. The third kappa shape index (κ3) is 9.86. The number of sulfonamides is 1. The van der Waals surface area contributed by atoms with Gasteiger partial charge in [-0.05, 0) is 56.5 Å². The fourth-order valence-corrected chi connectivity index (χ4v) is 8.51. The molecule has 1 fully saturated rings. The van der Waals surface area contributed by atoms with Crippen LogP contribution in [0.5, 0.6) is 5.75 Å². The fraction of sp³-hybridized carbons (Fsp3) is 0.645. The first-order valence-corrected chi connectivity index (χ1v) is 17.4. The van der Waals surface area contributed by atoms with Crippen LogP contribution in [0.4, 0.5) is 0 Å². The molecule has 0 bridgehead atoms. The van der Waals surface area contributed by atoms with Crippen LogP contribution in [0, 0.1) is 0 Å². The van der Waals surface area contributed by atoms with Gasteiger partial charge in [-0.15, -0.1) is 11.3 Å². The molecule has 1 atom stereocenters. The average Bonchev–Trinajstić information content (AvgIpc) is 3.29. The van der Waals surface area contributed by atoms with Crippen molar-refractivity contribution < 1.29 is 17.9 Å². The minimum Gasteiger partial charge on any atom is -0.496 e. The molecule has 1 unspecified atom stereocenters. The number of hydrogen-bond acceptors (Lipinski definition) is 6. The van der Waals surface area contributed by atoms with E-state index in [2.05, 4.69) is 12.2 Å². The van der Waals surface area contributed by atoms with Gasteiger partial charge in [0.1, 0.15) is 9.96 Å². The number of unbranched alkanes of at least 4 members (excludes halogenated alkanes) is 9. The summed E-state index contributed by atoms with van der Waals surface area (Å²) in [6.07, 6.45) is 16.4. The zero-order chi connectivity index (χ0) is 28.8. The largest absolute Gasteiger partial charge is 0.496 e. The third-order valence-corrected chi connectivity index (χ3v) is 11.3. The molecule has 1 aromatic heterocycles. The van der Waals surface area contributed by atoms with E-state index < -0.39 is 15.9 Å². The van der Waals surface area contributed by atoms with Crippen LogP contribution in [0.1, 0.15) is 111 Å². The van der Waals surface area contributed by atoms with Crippen LogP contribution < -0.4 is 15.8 Å². The van der Waals surface area contributed by atoms with Crippen molar-refractivity contribution in [2.75, 3.05) is 26.7 Å². The summed E-state index contributed by atoms with van der Waals surface area (Å²) >= 11 is 1.25. The molecule has 1 aliphatic rings. The highest BCUT2D eigenvalue weighted by Gasteiger charge is 2.29. The number of amides is 1. The van der Waals surface area contributed by atoms with Crippen molar-refractivity contribution >= 4 is 27.3 Å². The monoisotopic (exact) mass is 591 g/mol. The molecule has 0 aliphatic carbocycles. The summed E-state index contributed by atoms with van der Waals surface area (Å²) in [5.41, 5.74) is 6.64. The average molecular weight is 592 g/mol. The molecule has 2 aromatic rings. The molecule has 224 valence electrons. The number of rotatable bonds is 18. The minimum atomic E-state index is -3.57. The van der Waals surface area contributed by atoms with Crippen molar-refractivity contribution in [1.29, 1.82) is 0 Å². The summed E-state index contributed by atoms with van der Waals surface area (Å²) in [5, 5.41) is 3.69. The van der Waals surface area contributed by atoms with Gasteiger partial charge in [0, 0.05) is 41.6 Å². The highest BCUT2D eigenvalue weighted by Crippen LogP contribution is 2.31. The number of nitrogens with one attached hydrogen (secondary N) is 1. The van der Waals surface area contributed by atoms with Gasteiger partial charge in [-0.1, -0.05) is 70.8 Å². The standard InChI is InChI=1S/C31H49N3O4S2/c1-3-4-5-6-7-8-9-10-11-12-21-33-25-15-14-22-34(23-20-25)40(36,37)30-19-18-26(39-30)24-28-27(31(32)35)16-13-17-29(28)38-2/h13,16-19,25,33H,3-12,14-15,20-24H2,1-2H3,(H2,32,35). The molecule has 0 spiro atoms. The Labute approximate surface area is 245 Å². The number of thiophene rings is 1. The van der Waals surface area contributed by atoms with Crippen molar-refractivity contribution in [1.82, 2.24) is 9.62 Å². The molecule has 3 rings (SSSR count). The number of carbonyl (C=O) groups excluding carboxylic acids is 1. The van der Waals surface area contributed by atoms with E-state index in [1.807, 2.05) is 6.07 Å².